The number of phenolic OH excluding ortho intramolecular Hbond substituents is 1. The van der Waals surface area contributed by atoms with Crippen LogP contribution in [0.25, 0.3) is 44.3 Å². The fraction of sp³-hybridized carbons (Fsp3) is 0.0435. The highest BCUT2D eigenvalue weighted by atomic mass is 35.5. The molecule has 0 aliphatic carbocycles. The van der Waals surface area contributed by atoms with E-state index in [0.717, 1.165) is 0 Å². The van der Waals surface area contributed by atoms with E-state index < -0.39 is 4.92 Å². The standard InChI is InChI=1S/C23H14ClN5O4/c1-33-20-8-12(30)6-7-14(20)18-11-25-21-15(22(27-18)13-4-2-3-5-17(13)24)9-19(29(31)32)23-16(21)10-26-28-23/h2-11,30H,1H3. The number of benzene rings is 3. The van der Waals surface area contributed by atoms with Gasteiger partial charge < -0.3 is 9.84 Å². The summed E-state index contributed by atoms with van der Waals surface area (Å²) in [5, 5.41) is 30.7. The van der Waals surface area contributed by atoms with Gasteiger partial charge >= 0.3 is 0 Å². The smallest absolute Gasteiger partial charge is 0.298 e. The molecule has 0 amide bonds. The molecule has 2 heterocycles. The van der Waals surface area contributed by atoms with Crippen molar-refractivity contribution in [1.29, 1.82) is 0 Å². The summed E-state index contributed by atoms with van der Waals surface area (Å²) in [6, 6.07) is 13.1. The van der Waals surface area contributed by atoms with Gasteiger partial charge in [-0.1, -0.05) is 29.8 Å². The maximum atomic E-state index is 11.8. The second kappa shape index (κ2) is 7.95. The van der Waals surface area contributed by atoms with E-state index in [0.29, 0.717) is 49.6 Å². The number of rotatable bonds is 4. The van der Waals surface area contributed by atoms with Crippen molar-refractivity contribution in [3.8, 4) is 34.0 Å². The van der Waals surface area contributed by atoms with E-state index in [4.69, 9.17) is 21.3 Å². The van der Waals surface area contributed by atoms with Gasteiger partial charge in [0.05, 0.1) is 46.7 Å². The van der Waals surface area contributed by atoms with Gasteiger partial charge in [0.2, 0.25) is 0 Å². The molecular weight excluding hydrogens is 446 g/mol. The van der Waals surface area contributed by atoms with E-state index in [1.165, 1.54) is 37.7 Å². The minimum absolute atomic E-state index is 0.0339. The van der Waals surface area contributed by atoms with Crippen LogP contribution < -0.4 is 4.74 Å². The van der Waals surface area contributed by atoms with Gasteiger partial charge in [0, 0.05) is 33.7 Å². The van der Waals surface area contributed by atoms with E-state index in [2.05, 4.69) is 15.2 Å². The summed E-state index contributed by atoms with van der Waals surface area (Å²) in [5.41, 5.74) is 2.32. The molecule has 0 fully saturated rings. The van der Waals surface area contributed by atoms with Crippen molar-refractivity contribution < 1.29 is 14.8 Å². The Morgan fingerprint density at radius 3 is 2.61 bits per heavy atom. The van der Waals surface area contributed by atoms with E-state index in [-0.39, 0.29) is 17.0 Å². The van der Waals surface area contributed by atoms with Crippen molar-refractivity contribution in [2.24, 2.45) is 0 Å². The van der Waals surface area contributed by atoms with Gasteiger partial charge in [0.25, 0.3) is 5.69 Å². The van der Waals surface area contributed by atoms with Gasteiger partial charge in [0.15, 0.2) is 5.52 Å². The van der Waals surface area contributed by atoms with Crippen LogP contribution in [0.3, 0.4) is 0 Å². The third-order valence-electron chi connectivity index (χ3n) is 5.22. The third-order valence-corrected chi connectivity index (χ3v) is 5.55. The Morgan fingerprint density at radius 1 is 1.03 bits per heavy atom. The minimum atomic E-state index is -0.510. The van der Waals surface area contributed by atoms with Gasteiger partial charge in [-0.25, -0.2) is 4.98 Å². The minimum Gasteiger partial charge on any atom is -0.508 e. The summed E-state index contributed by atoms with van der Waals surface area (Å²) in [6.45, 7) is 0. The molecule has 0 spiro atoms. The Kier molecular flexibility index (Phi) is 4.95. The molecule has 0 saturated heterocycles. The molecule has 0 bridgehead atoms. The quantitative estimate of drug-likeness (QED) is 0.288. The maximum Gasteiger partial charge on any atom is 0.298 e. The van der Waals surface area contributed by atoms with Crippen LogP contribution in [0.4, 0.5) is 5.69 Å². The van der Waals surface area contributed by atoms with Crippen LogP contribution in [-0.2, 0) is 0 Å². The lowest BCUT2D eigenvalue weighted by Crippen LogP contribution is -1.92. The zero-order chi connectivity index (χ0) is 23.1. The second-order valence-corrected chi connectivity index (χ2v) is 7.53. The first kappa shape index (κ1) is 20.5. The number of fused-ring (bicyclic) bond motifs is 3. The van der Waals surface area contributed by atoms with Crippen molar-refractivity contribution in [2.75, 3.05) is 7.11 Å². The Hall–Kier alpha value is -4.37. The lowest BCUT2D eigenvalue weighted by Gasteiger charge is -2.09. The fourth-order valence-electron chi connectivity index (χ4n) is 3.71. The molecule has 9 nitrogen and oxygen atoms in total. The van der Waals surface area contributed by atoms with Crippen LogP contribution in [0, 0.1) is 10.1 Å². The van der Waals surface area contributed by atoms with Gasteiger partial charge in [-0.3, -0.25) is 15.1 Å². The SMILES string of the molecule is COc1cc(O)ccc1-c1cnc2c(cc([N+](=O)[O-])c3nncc32)c(-c2ccccc2Cl)n1. The number of hydrogen-bond acceptors (Lipinski definition) is 8. The molecule has 33 heavy (non-hydrogen) atoms. The van der Waals surface area contributed by atoms with Gasteiger partial charge in [-0.2, -0.15) is 5.10 Å². The molecule has 0 unspecified atom stereocenters. The molecule has 162 valence electrons. The number of phenols is 1. The Morgan fingerprint density at radius 2 is 1.85 bits per heavy atom. The van der Waals surface area contributed by atoms with E-state index in [1.807, 2.05) is 0 Å². The van der Waals surface area contributed by atoms with Crippen LogP contribution in [0.2, 0.25) is 5.02 Å². The number of nitro benzene ring substituents is 1. The number of aromatic hydroxyl groups is 1. The average Bonchev–Trinajstić information content (AvgIpc) is 3.22. The molecule has 0 radical (unpaired) electrons. The monoisotopic (exact) mass is 459 g/mol. The lowest BCUT2D eigenvalue weighted by atomic mass is 10.0. The summed E-state index contributed by atoms with van der Waals surface area (Å²) in [5.74, 6) is 0.420. The summed E-state index contributed by atoms with van der Waals surface area (Å²) < 4.78 is 5.42. The number of nitrogens with zero attached hydrogens (tertiary/aromatic N) is 5. The first-order valence-electron chi connectivity index (χ1n) is 9.69. The first-order chi connectivity index (χ1) is 16.0. The largest absolute Gasteiger partial charge is 0.508 e. The predicted molar refractivity (Wildman–Crippen MR) is 123 cm³/mol. The average molecular weight is 460 g/mol. The van der Waals surface area contributed by atoms with E-state index in [9.17, 15) is 15.2 Å². The van der Waals surface area contributed by atoms with Crippen LogP contribution in [-0.4, -0.2) is 37.3 Å². The van der Waals surface area contributed by atoms with Crippen LogP contribution in [0.15, 0.2) is 60.9 Å². The zero-order valence-corrected chi connectivity index (χ0v) is 17.8. The number of halogens is 1. The predicted octanol–water partition coefficient (Wildman–Crippen LogP) is 5.18. The molecule has 5 aromatic rings. The summed E-state index contributed by atoms with van der Waals surface area (Å²) in [7, 11) is 1.48. The zero-order valence-electron chi connectivity index (χ0n) is 17.1. The van der Waals surface area contributed by atoms with E-state index >= 15 is 0 Å². The normalized spacial score (nSPS) is 11.1. The van der Waals surface area contributed by atoms with Gasteiger partial charge in [0.1, 0.15) is 11.5 Å². The lowest BCUT2D eigenvalue weighted by molar-refractivity contribution is -0.383. The highest BCUT2D eigenvalue weighted by Crippen LogP contribution is 2.39. The number of ether oxygens (including phenoxy) is 1. The van der Waals surface area contributed by atoms with Crippen molar-refractivity contribution in [1.82, 2.24) is 20.2 Å². The number of aromatic nitrogens is 4. The maximum absolute atomic E-state index is 11.8. The fourth-order valence-corrected chi connectivity index (χ4v) is 3.94. The van der Waals surface area contributed by atoms with E-state index in [1.54, 1.807) is 30.3 Å². The summed E-state index contributed by atoms with van der Waals surface area (Å²) >= 11 is 6.50. The Bertz CT molecular complexity index is 1570. The molecule has 0 saturated carbocycles. The molecule has 0 atom stereocenters. The van der Waals surface area contributed by atoms with Crippen molar-refractivity contribution in [3.63, 3.8) is 0 Å². The van der Waals surface area contributed by atoms with Crippen LogP contribution >= 0.6 is 11.6 Å². The molecule has 1 N–H and O–H groups in total. The number of non-ortho nitro benzene ring substituents is 1. The third kappa shape index (κ3) is 3.44. The molecule has 10 heteroatoms. The molecule has 0 aliphatic rings. The van der Waals surface area contributed by atoms with Gasteiger partial charge in [-0.05, 0) is 18.2 Å². The molecule has 2 aromatic heterocycles. The number of methoxy groups -OCH3 is 1. The highest BCUT2D eigenvalue weighted by Gasteiger charge is 2.22. The highest BCUT2D eigenvalue weighted by molar-refractivity contribution is 6.33. The second-order valence-electron chi connectivity index (χ2n) is 7.12. The van der Waals surface area contributed by atoms with Crippen LogP contribution in [0.1, 0.15) is 0 Å². The van der Waals surface area contributed by atoms with Crippen molar-refractivity contribution in [3.05, 3.63) is 76.1 Å². The Balaban J connectivity index is 1.96. The van der Waals surface area contributed by atoms with Crippen molar-refractivity contribution >= 4 is 39.1 Å². The molecular formula is C23H14ClN5O4. The molecule has 0 aliphatic heterocycles. The summed E-state index contributed by atoms with van der Waals surface area (Å²) in [6.07, 6.45) is 2.98. The van der Waals surface area contributed by atoms with Gasteiger partial charge in [-0.15, -0.1) is 5.10 Å². The molecule has 3 aromatic carbocycles. The van der Waals surface area contributed by atoms with Crippen molar-refractivity contribution in [2.45, 2.75) is 0 Å². The Labute approximate surface area is 191 Å². The molecule has 5 rings (SSSR count). The topological polar surface area (TPSA) is 124 Å². The number of nitro groups is 1. The first-order valence-corrected chi connectivity index (χ1v) is 10.1. The summed E-state index contributed by atoms with van der Waals surface area (Å²) in [4.78, 5) is 20.7. The van der Waals surface area contributed by atoms with Crippen LogP contribution in [0.5, 0.6) is 11.5 Å². The number of hydrogen-bond donors (Lipinski definition) is 1.